The molecule has 0 rings (SSSR count). The van der Waals surface area contributed by atoms with Crippen molar-refractivity contribution in [1.82, 2.24) is 0 Å². The van der Waals surface area contributed by atoms with Crippen LogP contribution in [0.25, 0.3) is 0 Å². The molecule has 0 saturated heterocycles. The van der Waals surface area contributed by atoms with Crippen LogP contribution in [0.1, 0.15) is 13.3 Å². The molecule has 0 unspecified atom stereocenters. The first kappa shape index (κ1) is 9.76. The molecule has 58 valence electrons. The zero-order valence-corrected chi connectivity index (χ0v) is 6.80. The van der Waals surface area contributed by atoms with Crippen LogP contribution in [-0.2, 0) is 9.09 Å². The van der Waals surface area contributed by atoms with Crippen molar-refractivity contribution >= 4 is 8.69 Å². The molecule has 0 aromatic heterocycles. The Hall–Kier alpha value is -0.240. The predicted octanol–water partition coefficient (Wildman–Crippen LogP) is 1.54. The van der Waals surface area contributed by atoms with Crippen molar-refractivity contribution in [2.24, 2.45) is 0 Å². The van der Waals surface area contributed by atoms with E-state index in [-0.39, 0.29) is 15.3 Å². The summed E-state index contributed by atoms with van der Waals surface area (Å²) in [6, 6.07) is 0. The molecule has 0 aromatic rings. The van der Waals surface area contributed by atoms with Gasteiger partial charge in [0.25, 0.3) is 0 Å². The van der Waals surface area contributed by atoms with Crippen LogP contribution in [0.15, 0.2) is 11.6 Å². The molecule has 3 nitrogen and oxygen atoms in total. The molecule has 0 radical (unpaired) electrons. The van der Waals surface area contributed by atoms with Crippen LogP contribution in [-0.4, -0.2) is 18.3 Å². The van der Waals surface area contributed by atoms with E-state index in [1.54, 1.807) is 0 Å². The first-order valence-corrected chi connectivity index (χ1v) is 3.75. The molecule has 10 heavy (non-hydrogen) atoms. The van der Waals surface area contributed by atoms with E-state index in [2.05, 4.69) is 4.52 Å². The lowest BCUT2D eigenvalue weighted by atomic mass is 10.2. The molecule has 0 aromatic carbocycles. The highest BCUT2D eigenvalue weighted by Gasteiger charge is 1.85. The van der Waals surface area contributed by atoms with Crippen LogP contribution < -0.4 is 0 Å². The van der Waals surface area contributed by atoms with E-state index >= 15 is 0 Å². The molecule has 4 heteroatoms. The average molecular weight is 162 g/mol. The van der Waals surface area contributed by atoms with Gasteiger partial charge in [-0.25, -0.2) is 4.57 Å². The first-order chi connectivity index (χ1) is 4.81. The molecule has 0 heterocycles. The fraction of sp³-hybridized carbons (Fsp3) is 0.667. The Labute approximate surface area is 62.0 Å². The minimum Gasteiger partial charge on any atom is -0.392 e. The molecular weight excluding hydrogens is 151 g/mol. The molecule has 0 bridgehead atoms. The van der Waals surface area contributed by atoms with Gasteiger partial charge in [-0.15, -0.1) is 0 Å². The molecule has 0 aliphatic carbocycles. The normalized spacial score (nSPS) is 12.4. The van der Waals surface area contributed by atoms with Gasteiger partial charge in [0.1, 0.15) is 0 Å². The van der Waals surface area contributed by atoms with Gasteiger partial charge in [-0.2, -0.15) is 0 Å². The van der Waals surface area contributed by atoms with E-state index < -0.39 is 0 Å². The van der Waals surface area contributed by atoms with Gasteiger partial charge in [-0.1, -0.05) is 11.6 Å². The first-order valence-electron chi connectivity index (χ1n) is 3.02. The fourth-order valence-electron chi connectivity index (χ4n) is 0.460. The lowest BCUT2D eigenvalue weighted by Crippen LogP contribution is -1.86. The summed E-state index contributed by atoms with van der Waals surface area (Å²) in [6.45, 7) is 2.34. The second-order valence-corrected chi connectivity index (χ2v) is 2.31. The van der Waals surface area contributed by atoms with Crippen molar-refractivity contribution in [2.75, 3.05) is 13.2 Å². The van der Waals surface area contributed by atoms with Crippen molar-refractivity contribution in [3.8, 4) is 0 Å². The third-order valence-corrected chi connectivity index (χ3v) is 1.29. The quantitative estimate of drug-likeness (QED) is 0.379. The van der Waals surface area contributed by atoms with Gasteiger partial charge in [0.15, 0.2) is 0 Å². The van der Waals surface area contributed by atoms with Crippen molar-refractivity contribution in [3.63, 3.8) is 0 Å². The molecule has 0 aliphatic heterocycles. The smallest absolute Gasteiger partial charge is 0.327 e. The molecule has 0 atom stereocenters. The van der Waals surface area contributed by atoms with Crippen molar-refractivity contribution in [2.45, 2.75) is 13.3 Å². The number of aliphatic hydroxyl groups excluding tert-OH is 1. The predicted molar refractivity (Wildman–Crippen MR) is 39.0 cm³/mol. The zero-order chi connectivity index (χ0) is 7.82. The summed E-state index contributed by atoms with van der Waals surface area (Å²) < 4.78 is 14.2. The minimum absolute atomic E-state index is 0.0785. The largest absolute Gasteiger partial charge is 0.392 e. The summed E-state index contributed by atoms with van der Waals surface area (Å²) in [5.74, 6) is 0. The molecular formula is C6H11O3P. The second kappa shape index (κ2) is 6.87. The van der Waals surface area contributed by atoms with Gasteiger partial charge in [-0.3, -0.25) is 4.52 Å². The van der Waals surface area contributed by atoms with Crippen molar-refractivity contribution in [1.29, 1.82) is 0 Å². The highest BCUT2D eigenvalue weighted by molar-refractivity contribution is 7.17. The van der Waals surface area contributed by atoms with E-state index in [0.29, 0.717) is 13.0 Å². The van der Waals surface area contributed by atoms with E-state index in [4.69, 9.17) is 5.11 Å². The summed E-state index contributed by atoms with van der Waals surface area (Å²) in [5, 5.41) is 8.52. The van der Waals surface area contributed by atoms with E-state index in [9.17, 15) is 4.57 Å². The van der Waals surface area contributed by atoms with E-state index in [1.807, 2.05) is 13.0 Å². The maximum atomic E-state index is 9.72. The van der Waals surface area contributed by atoms with Crippen LogP contribution in [0.5, 0.6) is 0 Å². The monoisotopic (exact) mass is 162 g/mol. The summed E-state index contributed by atoms with van der Waals surface area (Å²) in [7, 11) is -0.280. The van der Waals surface area contributed by atoms with Crippen LogP contribution in [0, 0.1) is 0 Å². The van der Waals surface area contributed by atoms with Crippen LogP contribution >= 0.6 is 8.69 Å². The lowest BCUT2D eigenvalue weighted by Gasteiger charge is -1.92. The van der Waals surface area contributed by atoms with Crippen LogP contribution in [0.2, 0.25) is 0 Å². The SMILES string of the molecule is C/C(=C/CCOP=O)CO. The van der Waals surface area contributed by atoms with E-state index in [0.717, 1.165) is 5.57 Å². The Bertz CT molecular complexity index is 122. The summed E-state index contributed by atoms with van der Waals surface area (Å²) in [5.41, 5.74) is 0.908. The van der Waals surface area contributed by atoms with Crippen LogP contribution in [0.3, 0.4) is 0 Å². The molecule has 0 fully saturated rings. The molecule has 0 saturated carbocycles. The Kier molecular flexibility index (Phi) is 6.71. The van der Waals surface area contributed by atoms with Gasteiger partial charge < -0.3 is 5.11 Å². The maximum Gasteiger partial charge on any atom is 0.327 e. The fourth-order valence-corrected chi connectivity index (χ4v) is 0.640. The topological polar surface area (TPSA) is 46.5 Å². The number of aliphatic hydroxyl groups is 1. The molecule has 0 amide bonds. The summed E-state index contributed by atoms with van der Waals surface area (Å²) >= 11 is 0. The number of hydrogen-bond donors (Lipinski definition) is 1. The third-order valence-electron chi connectivity index (χ3n) is 1.00. The zero-order valence-electron chi connectivity index (χ0n) is 5.91. The van der Waals surface area contributed by atoms with Gasteiger partial charge in [0.2, 0.25) is 0 Å². The van der Waals surface area contributed by atoms with Crippen LogP contribution in [0.4, 0.5) is 0 Å². The van der Waals surface area contributed by atoms with Gasteiger partial charge in [0, 0.05) is 0 Å². The minimum atomic E-state index is -0.280. The number of rotatable bonds is 5. The second-order valence-electron chi connectivity index (χ2n) is 1.91. The highest BCUT2D eigenvalue weighted by Crippen LogP contribution is 1.98. The maximum absolute atomic E-state index is 9.72. The van der Waals surface area contributed by atoms with Crippen molar-refractivity contribution < 1.29 is 14.2 Å². The Balaban J connectivity index is 3.24. The standard InChI is InChI=1S/C6H11O3P/c1-6(5-7)3-2-4-9-10-8/h3,7H,2,4-5H2,1H3/b6-3-. The van der Waals surface area contributed by atoms with Gasteiger partial charge >= 0.3 is 8.69 Å². The van der Waals surface area contributed by atoms with Gasteiger partial charge in [-0.05, 0) is 13.3 Å². The lowest BCUT2D eigenvalue weighted by molar-refractivity contribution is 0.328. The third kappa shape index (κ3) is 5.89. The Morgan fingerprint density at radius 1 is 1.80 bits per heavy atom. The Morgan fingerprint density at radius 2 is 2.50 bits per heavy atom. The number of hydrogen-bond acceptors (Lipinski definition) is 3. The van der Waals surface area contributed by atoms with E-state index in [1.165, 1.54) is 0 Å². The molecule has 0 aliphatic rings. The average Bonchev–Trinajstić information content (AvgIpc) is 1.98. The molecule has 0 spiro atoms. The molecule has 1 N–H and O–H groups in total. The van der Waals surface area contributed by atoms with Crippen molar-refractivity contribution in [3.05, 3.63) is 11.6 Å². The summed E-state index contributed by atoms with van der Waals surface area (Å²) in [6.07, 6.45) is 2.55. The Morgan fingerprint density at radius 3 is 3.00 bits per heavy atom. The summed E-state index contributed by atoms with van der Waals surface area (Å²) in [4.78, 5) is 0. The van der Waals surface area contributed by atoms with Gasteiger partial charge in [0.05, 0.1) is 13.2 Å². The highest BCUT2D eigenvalue weighted by atomic mass is 31.1.